The number of methoxy groups -OCH3 is 1. The van der Waals surface area contributed by atoms with Crippen molar-refractivity contribution >= 4 is 52.8 Å². The summed E-state index contributed by atoms with van der Waals surface area (Å²) in [6, 6.07) is -0.101. The fraction of sp³-hybridized carbons (Fsp3) is 0.238. The predicted molar refractivity (Wildman–Crippen MR) is 124 cm³/mol. The Bertz CT molecular complexity index is 1210. The molecule has 0 saturated carbocycles. The Hall–Kier alpha value is -3.58. The molecule has 0 aromatic carbocycles. The highest BCUT2D eigenvalue weighted by Gasteiger charge is 2.34. The highest BCUT2D eigenvalue weighted by atomic mass is 35.5. The van der Waals surface area contributed by atoms with Gasteiger partial charge in [0.05, 0.1) is 35.5 Å². The maximum absolute atomic E-state index is 13.0. The molecule has 0 saturated heterocycles. The first-order valence-corrected chi connectivity index (χ1v) is 10.9. The van der Waals surface area contributed by atoms with Gasteiger partial charge in [0, 0.05) is 12.4 Å². The van der Waals surface area contributed by atoms with Crippen LogP contribution in [-0.2, 0) is 20.5 Å². The molecule has 1 atom stereocenters. The SMILES string of the molecule is C=C/C(C(=O)OC)=C(\N=CC)C(=O)NC(C)c1ncc(C(=O)Nc2cc(C(F)(F)F)c(Cl)cn2)s1. The van der Waals surface area contributed by atoms with Crippen molar-refractivity contribution in [1.29, 1.82) is 0 Å². The maximum atomic E-state index is 13.0. The summed E-state index contributed by atoms with van der Waals surface area (Å²) in [4.78, 5) is 48.8. The lowest BCUT2D eigenvalue weighted by molar-refractivity contribution is -0.137. The van der Waals surface area contributed by atoms with E-state index in [-0.39, 0.29) is 22.0 Å². The molecule has 0 bridgehead atoms. The summed E-state index contributed by atoms with van der Waals surface area (Å²) in [5, 5.41) is 4.56. The molecule has 186 valence electrons. The molecule has 0 radical (unpaired) electrons. The fourth-order valence-electron chi connectivity index (χ4n) is 2.59. The lowest BCUT2D eigenvalue weighted by atomic mass is 10.2. The lowest BCUT2D eigenvalue weighted by Gasteiger charge is -2.13. The van der Waals surface area contributed by atoms with Gasteiger partial charge in [-0.3, -0.25) is 14.6 Å². The second-order valence-corrected chi connectivity index (χ2v) is 8.07. The smallest absolute Gasteiger partial charge is 0.418 e. The zero-order valence-corrected chi connectivity index (χ0v) is 20.1. The molecule has 0 spiro atoms. The molecule has 2 N–H and O–H groups in total. The van der Waals surface area contributed by atoms with Crippen molar-refractivity contribution in [3.8, 4) is 0 Å². The van der Waals surface area contributed by atoms with E-state index in [1.807, 2.05) is 0 Å². The minimum absolute atomic E-state index is 0.0510. The van der Waals surface area contributed by atoms with Crippen molar-refractivity contribution in [2.75, 3.05) is 12.4 Å². The molecule has 2 rings (SSSR count). The number of hydrogen-bond acceptors (Lipinski definition) is 8. The van der Waals surface area contributed by atoms with Crippen LogP contribution in [-0.4, -0.2) is 41.1 Å². The van der Waals surface area contributed by atoms with Crippen LogP contribution >= 0.6 is 22.9 Å². The highest BCUT2D eigenvalue weighted by molar-refractivity contribution is 7.13. The lowest BCUT2D eigenvalue weighted by Crippen LogP contribution is -2.29. The Labute approximate surface area is 206 Å². The number of aliphatic imine (C=N–C) groups is 1. The number of rotatable bonds is 8. The molecule has 14 heteroatoms. The van der Waals surface area contributed by atoms with Gasteiger partial charge < -0.3 is 15.4 Å². The van der Waals surface area contributed by atoms with E-state index >= 15 is 0 Å². The first-order chi connectivity index (χ1) is 16.4. The maximum Gasteiger partial charge on any atom is 0.418 e. The van der Waals surface area contributed by atoms with E-state index in [4.69, 9.17) is 11.6 Å². The van der Waals surface area contributed by atoms with Crippen LogP contribution in [0.15, 0.2) is 47.4 Å². The largest absolute Gasteiger partial charge is 0.465 e. The van der Waals surface area contributed by atoms with Gasteiger partial charge in [0.1, 0.15) is 21.4 Å². The van der Waals surface area contributed by atoms with Crippen molar-refractivity contribution in [3.63, 3.8) is 0 Å². The number of amides is 2. The van der Waals surface area contributed by atoms with Gasteiger partial charge in [0.25, 0.3) is 11.8 Å². The van der Waals surface area contributed by atoms with E-state index in [0.29, 0.717) is 11.1 Å². The number of aromatic nitrogens is 2. The number of alkyl halides is 3. The van der Waals surface area contributed by atoms with Gasteiger partial charge in [-0.1, -0.05) is 24.3 Å². The Balaban J connectivity index is 2.19. The van der Waals surface area contributed by atoms with Crippen LogP contribution in [0.1, 0.15) is 40.1 Å². The zero-order chi connectivity index (χ0) is 26.3. The Morgan fingerprint density at radius 3 is 2.54 bits per heavy atom. The van der Waals surface area contributed by atoms with Gasteiger partial charge in [-0.15, -0.1) is 11.3 Å². The number of nitrogens with zero attached hydrogens (tertiary/aromatic N) is 3. The third-order valence-electron chi connectivity index (χ3n) is 4.21. The first kappa shape index (κ1) is 27.7. The van der Waals surface area contributed by atoms with Gasteiger partial charge in [-0.05, 0) is 19.9 Å². The molecule has 2 aromatic rings. The molecular weight excluding hydrogens is 511 g/mol. The van der Waals surface area contributed by atoms with Crippen molar-refractivity contribution in [2.45, 2.75) is 26.1 Å². The van der Waals surface area contributed by atoms with Crippen LogP contribution in [0.5, 0.6) is 0 Å². The van der Waals surface area contributed by atoms with E-state index < -0.39 is 40.6 Å². The third kappa shape index (κ3) is 6.96. The average molecular weight is 530 g/mol. The van der Waals surface area contributed by atoms with E-state index in [1.165, 1.54) is 12.4 Å². The summed E-state index contributed by atoms with van der Waals surface area (Å²) in [6.45, 7) is 6.62. The average Bonchev–Trinajstić information content (AvgIpc) is 3.30. The summed E-state index contributed by atoms with van der Waals surface area (Å²) in [6.07, 6.45) is -0.292. The molecule has 9 nitrogen and oxygen atoms in total. The van der Waals surface area contributed by atoms with Crippen LogP contribution in [0.2, 0.25) is 5.02 Å². The van der Waals surface area contributed by atoms with Gasteiger partial charge in [0.15, 0.2) is 0 Å². The summed E-state index contributed by atoms with van der Waals surface area (Å²) in [7, 11) is 1.14. The number of anilines is 1. The quantitative estimate of drug-likeness (QED) is 0.227. The number of esters is 1. The third-order valence-corrected chi connectivity index (χ3v) is 5.69. The van der Waals surface area contributed by atoms with Crippen LogP contribution in [0.25, 0.3) is 0 Å². The second-order valence-electron chi connectivity index (χ2n) is 6.60. The number of carbonyl (C=O) groups excluding carboxylic acids is 3. The molecule has 0 aliphatic heterocycles. The van der Waals surface area contributed by atoms with Crippen LogP contribution in [0.4, 0.5) is 19.0 Å². The van der Waals surface area contributed by atoms with Crippen LogP contribution in [0.3, 0.4) is 0 Å². The number of thiazole rings is 1. The van der Waals surface area contributed by atoms with Crippen molar-refractivity contribution < 1.29 is 32.3 Å². The van der Waals surface area contributed by atoms with Crippen LogP contribution in [0, 0.1) is 0 Å². The van der Waals surface area contributed by atoms with Crippen molar-refractivity contribution in [1.82, 2.24) is 15.3 Å². The second kappa shape index (κ2) is 11.7. The first-order valence-electron chi connectivity index (χ1n) is 9.67. The summed E-state index contributed by atoms with van der Waals surface area (Å²) >= 11 is 6.42. The summed E-state index contributed by atoms with van der Waals surface area (Å²) in [5.41, 5.74) is -1.52. The number of carbonyl (C=O) groups is 3. The molecule has 1 unspecified atom stereocenters. The predicted octanol–water partition coefficient (Wildman–Crippen LogP) is 4.34. The van der Waals surface area contributed by atoms with Crippen molar-refractivity contribution in [2.24, 2.45) is 4.99 Å². The van der Waals surface area contributed by atoms with Crippen molar-refractivity contribution in [3.05, 3.63) is 62.9 Å². The molecule has 0 fully saturated rings. The van der Waals surface area contributed by atoms with Gasteiger partial charge in [0.2, 0.25) is 0 Å². The van der Waals surface area contributed by atoms with Crippen LogP contribution < -0.4 is 10.6 Å². The van der Waals surface area contributed by atoms with E-state index in [1.54, 1.807) is 13.8 Å². The standard InChI is InChI=1S/C21H19ClF3N5O4S/c1-5-11(20(33)34-4)16(26-6-2)18(32)29-10(3)19-28-9-14(35-19)17(31)30-15-7-12(21(23,24)25)13(22)8-27-15/h5-10H,1H2,2-4H3,(H,29,32)(H,27,30,31)/b16-11+,26-6?. The topological polar surface area (TPSA) is 123 Å². The number of nitrogens with one attached hydrogen (secondary N) is 2. The number of hydrogen-bond donors (Lipinski definition) is 2. The van der Waals surface area contributed by atoms with E-state index in [9.17, 15) is 27.6 Å². The summed E-state index contributed by atoms with van der Waals surface area (Å²) in [5.74, 6) is -2.63. The Morgan fingerprint density at radius 2 is 1.97 bits per heavy atom. The molecule has 0 aliphatic rings. The molecular formula is C21H19ClF3N5O4S. The minimum atomic E-state index is -4.72. The Kier molecular flexibility index (Phi) is 9.25. The minimum Gasteiger partial charge on any atom is -0.465 e. The summed E-state index contributed by atoms with van der Waals surface area (Å²) < 4.78 is 43.7. The molecule has 0 aliphatic carbocycles. The zero-order valence-electron chi connectivity index (χ0n) is 18.6. The highest BCUT2D eigenvalue weighted by Crippen LogP contribution is 2.35. The Morgan fingerprint density at radius 1 is 1.29 bits per heavy atom. The number of halogens is 4. The van der Waals surface area contributed by atoms with E-state index in [2.05, 4.69) is 36.9 Å². The number of ether oxygens (including phenoxy) is 1. The normalized spacial score (nSPS) is 13.1. The van der Waals surface area contributed by atoms with Gasteiger partial charge >= 0.3 is 12.1 Å². The molecule has 2 aromatic heterocycles. The number of pyridine rings is 1. The molecule has 35 heavy (non-hydrogen) atoms. The molecule has 2 amide bonds. The molecule has 2 heterocycles. The van der Waals surface area contributed by atoms with Gasteiger partial charge in [-0.25, -0.2) is 14.8 Å². The van der Waals surface area contributed by atoms with E-state index in [0.717, 1.165) is 30.7 Å². The monoisotopic (exact) mass is 529 g/mol. The van der Waals surface area contributed by atoms with Gasteiger partial charge in [-0.2, -0.15) is 13.2 Å². The fourth-order valence-corrected chi connectivity index (χ4v) is 3.61.